The van der Waals surface area contributed by atoms with Crippen LogP contribution in [0, 0.1) is 40.4 Å². The third-order valence-electron chi connectivity index (χ3n) is 9.28. The molecule has 0 aromatic carbocycles. The number of nitrogens with one attached hydrogen (secondary N) is 1. The van der Waals surface area contributed by atoms with Gasteiger partial charge in [-0.15, -0.1) is 0 Å². The van der Waals surface area contributed by atoms with Gasteiger partial charge in [-0.2, -0.15) is 0 Å². The molecule has 0 heterocycles. The van der Waals surface area contributed by atoms with E-state index in [1.165, 1.54) is 64.2 Å². The maximum atomic E-state index is 10.9. The molecule has 0 aromatic rings. The standard InChI is InChI=1S/C21H35NO2/c1-20-11-4-3-5-14(20)6-8-16-17-9-7-15(13-22-19(23)24)21(17,2)12-10-18(16)20/h14-18,22H,3-13H2,1-2H3,(H,23,24)/t14-,15+,16?,17?,18?,20-,21+/m0/s1. The van der Waals surface area contributed by atoms with Crippen molar-refractivity contribution in [3.63, 3.8) is 0 Å². The molecule has 1 amide bonds. The van der Waals surface area contributed by atoms with Crippen molar-refractivity contribution in [3.8, 4) is 0 Å². The molecule has 0 bridgehead atoms. The Morgan fingerprint density at radius 2 is 1.75 bits per heavy atom. The normalized spacial score (nSPS) is 50.5. The minimum atomic E-state index is -0.856. The topological polar surface area (TPSA) is 49.3 Å². The van der Waals surface area contributed by atoms with Crippen LogP contribution in [-0.2, 0) is 0 Å². The highest BCUT2D eigenvalue weighted by molar-refractivity contribution is 5.64. The molecule has 24 heavy (non-hydrogen) atoms. The number of carbonyl (C=O) groups is 1. The van der Waals surface area contributed by atoms with Crippen molar-refractivity contribution in [1.29, 1.82) is 0 Å². The maximum absolute atomic E-state index is 10.9. The van der Waals surface area contributed by atoms with Crippen LogP contribution in [0.4, 0.5) is 4.79 Å². The third-order valence-corrected chi connectivity index (χ3v) is 9.28. The van der Waals surface area contributed by atoms with Crippen molar-refractivity contribution in [3.05, 3.63) is 0 Å². The lowest BCUT2D eigenvalue weighted by Crippen LogP contribution is -2.53. The molecular weight excluding hydrogens is 298 g/mol. The molecule has 0 aliphatic heterocycles. The average molecular weight is 334 g/mol. The van der Waals surface area contributed by atoms with E-state index in [0.29, 0.717) is 23.3 Å². The molecule has 4 saturated carbocycles. The van der Waals surface area contributed by atoms with Gasteiger partial charge < -0.3 is 10.4 Å². The summed E-state index contributed by atoms with van der Waals surface area (Å²) in [5.74, 6) is 4.24. The monoisotopic (exact) mass is 333 g/mol. The van der Waals surface area contributed by atoms with E-state index in [1.54, 1.807) is 0 Å². The highest BCUT2D eigenvalue weighted by atomic mass is 16.4. The van der Waals surface area contributed by atoms with Gasteiger partial charge in [0.1, 0.15) is 0 Å². The number of rotatable bonds is 2. The summed E-state index contributed by atoms with van der Waals surface area (Å²) in [5.41, 5.74) is 0.987. The van der Waals surface area contributed by atoms with Gasteiger partial charge in [-0.05, 0) is 91.8 Å². The van der Waals surface area contributed by atoms with Crippen molar-refractivity contribution in [2.24, 2.45) is 40.4 Å². The smallest absolute Gasteiger partial charge is 0.404 e. The summed E-state index contributed by atoms with van der Waals surface area (Å²) >= 11 is 0. The van der Waals surface area contributed by atoms with Crippen molar-refractivity contribution < 1.29 is 9.90 Å². The average Bonchev–Trinajstić information content (AvgIpc) is 2.89. The number of carboxylic acid groups (broad SMARTS) is 1. The fourth-order valence-electron chi connectivity index (χ4n) is 7.95. The van der Waals surface area contributed by atoms with Crippen molar-refractivity contribution in [2.45, 2.75) is 78.1 Å². The van der Waals surface area contributed by atoms with Crippen LogP contribution >= 0.6 is 0 Å². The molecule has 7 atom stereocenters. The van der Waals surface area contributed by atoms with E-state index in [0.717, 1.165) is 23.7 Å². The van der Waals surface area contributed by atoms with E-state index in [4.69, 9.17) is 5.11 Å². The molecule has 3 heteroatoms. The van der Waals surface area contributed by atoms with Crippen LogP contribution in [-0.4, -0.2) is 17.7 Å². The second-order valence-electron chi connectivity index (χ2n) is 9.91. The fraction of sp³-hybridized carbons (Fsp3) is 0.952. The van der Waals surface area contributed by atoms with E-state index < -0.39 is 6.09 Å². The SMILES string of the molecule is C[C@]12CCC3C(CC[C@@H]4CCCC[C@]34C)C1CC[C@@H]2CNC(=O)O. The Balaban J connectivity index is 1.54. The third kappa shape index (κ3) is 2.41. The number of hydrogen-bond donors (Lipinski definition) is 2. The minimum Gasteiger partial charge on any atom is -0.465 e. The molecule has 136 valence electrons. The molecule has 3 nitrogen and oxygen atoms in total. The fourth-order valence-corrected chi connectivity index (χ4v) is 7.95. The zero-order valence-corrected chi connectivity index (χ0v) is 15.5. The van der Waals surface area contributed by atoms with Crippen molar-refractivity contribution in [1.82, 2.24) is 5.32 Å². The molecule has 4 fully saturated rings. The van der Waals surface area contributed by atoms with Crippen LogP contribution < -0.4 is 5.32 Å². The molecule has 0 aromatic heterocycles. The summed E-state index contributed by atoms with van der Waals surface area (Å²) in [7, 11) is 0. The van der Waals surface area contributed by atoms with Gasteiger partial charge in [0.25, 0.3) is 0 Å². The highest BCUT2D eigenvalue weighted by Gasteiger charge is 2.59. The van der Waals surface area contributed by atoms with Gasteiger partial charge >= 0.3 is 6.09 Å². The summed E-state index contributed by atoms with van der Waals surface area (Å²) in [6.45, 7) is 5.79. The zero-order valence-electron chi connectivity index (χ0n) is 15.5. The number of fused-ring (bicyclic) bond motifs is 5. The van der Waals surface area contributed by atoms with Crippen LogP contribution in [0.5, 0.6) is 0 Å². The van der Waals surface area contributed by atoms with Crippen LogP contribution in [0.3, 0.4) is 0 Å². The molecule has 4 aliphatic carbocycles. The molecule has 4 rings (SSSR count). The van der Waals surface area contributed by atoms with Crippen LogP contribution in [0.1, 0.15) is 78.1 Å². The van der Waals surface area contributed by atoms with Gasteiger partial charge in [0.15, 0.2) is 0 Å². The Bertz CT molecular complexity index is 506. The summed E-state index contributed by atoms with van der Waals surface area (Å²) in [6.07, 6.45) is 13.2. The Kier molecular flexibility index (Phi) is 4.12. The highest BCUT2D eigenvalue weighted by Crippen LogP contribution is 2.67. The molecule has 0 radical (unpaired) electrons. The molecule has 2 N–H and O–H groups in total. The first-order valence-electron chi connectivity index (χ1n) is 10.4. The maximum Gasteiger partial charge on any atom is 0.404 e. The Labute approximate surface area is 147 Å². The second-order valence-corrected chi connectivity index (χ2v) is 9.91. The lowest BCUT2D eigenvalue weighted by Gasteiger charge is -2.60. The largest absolute Gasteiger partial charge is 0.465 e. The quantitative estimate of drug-likeness (QED) is 0.720. The van der Waals surface area contributed by atoms with Gasteiger partial charge in [-0.3, -0.25) is 0 Å². The van der Waals surface area contributed by atoms with E-state index in [-0.39, 0.29) is 0 Å². The molecule has 0 spiro atoms. The predicted molar refractivity (Wildman–Crippen MR) is 95.9 cm³/mol. The van der Waals surface area contributed by atoms with E-state index in [9.17, 15) is 4.79 Å². The van der Waals surface area contributed by atoms with Crippen molar-refractivity contribution in [2.75, 3.05) is 6.54 Å². The summed E-state index contributed by atoms with van der Waals surface area (Å²) in [4.78, 5) is 10.9. The lowest BCUT2D eigenvalue weighted by molar-refractivity contribution is -0.110. The van der Waals surface area contributed by atoms with Gasteiger partial charge in [0.2, 0.25) is 0 Å². The van der Waals surface area contributed by atoms with Gasteiger partial charge in [-0.1, -0.05) is 26.7 Å². The van der Waals surface area contributed by atoms with E-state index >= 15 is 0 Å². The summed E-state index contributed by atoms with van der Waals surface area (Å²) in [5, 5.41) is 11.7. The predicted octanol–water partition coefficient (Wildman–Crippen LogP) is 5.30. The Morgan fingerprint density at radius 3 is 2.54 bits per heavy atom. The van der Waals surface area contributed by atoms with Crippen molar-refractivity contribution >= 4 is 6.09 Å². The molecule has 4 aliphatic rings. The van der Waals surface area contributed by atoms with Gasteiger partial charge in [-0.25, -0.2) is 4.79 Å². The molecule has 3 unspecified atom stereocenters. The second kappa shape index (κ2) is 5.92. The first-order chi connectivity index (χ1) is 11.4. The summed E-state index contributed by atoms with van der Waals surface area (Å²) in [6, 6.07) is 0. The number of amides is 1. The Hall–Kier alpha value is -0.730. The van der Waals surface area contributed by atoms with Crippen LogP contribution in [0.2, 0.25) is 0 Å². The Morgan fingerprint density at radius 1 is 0.958 bits per heavy atom. The van der Waals surface area contributed by atoms with Gasteiger partial charge in [0.05, 0.1) is 0 Å². The van der Waals surface area contributed by atoms with Crippen LogP contribution in [0.25, 0.3) is 0 Å². The minimum absolute atomic E-state index is 0.376. The molecular formula is C21H35NO2. The molecule has 0 saturated heterocycles. The zero-order chi connectivity index (χ0) is 16.9. The van der Waals surface area contributed by atoms with Gasteiger partial charge in [0, 0.05) is 6.54 Å². The number of hydrogen-bond acceptors (Lipinski definition) is 1. The van der Waals surface area contributed by atoms with E-state index in [2.05, 4.69) is 19.2 Å². The first kappa shape index (κ1) is 16.7. The van der Waals surface area contributed by atoms with Crippen LogP contribution in [0.15, 0.2) is 0 Å². The summed E-state index contributed by atoms with van der Waals surface area (Å²) < 4.78 is 0. The first-order valence-corrected chi connectivity index (χ1v) is 10.4. The van der Waals surface area contributed by atoms with E-state index in [1.807, 2.05) is 0 Å². The lowest BCUT2D eigenvalue weighted by atomic mass is 9.45.